The summed E-state index contributed by atoms with van der Waals surface area (Å²) >= 11 is 7.06. The first kappa shape index (κ1) is 16.2. The van der Waals surface area contributed by atoms with Gasteiger partial charge in [0.25, 0.3) is 5.91 Å². The van der Waals surface area contributed by atoms with Crippen LogP contribution in [0.3, 0.4) is 0 Å². The number of carbonyl (C=O) groups excluding carboxylic acids is 1. The maximum absolute atomic E-state index is 12.0. The molecule has 0 spiro atoms. The van der Waals surface area contributed by atoms with Crippen molar-refractivity contribution in [3.8, 4) is 11.5 Å². The fourth-order valence-electron chi connectivity index (χ4n) is 2.00. The van der Waals surface area contributed by atoms with E-state index in [2.05, 4.69) is 10.3 Å². The molecule has 0 bridgehead atoms. The predicted molar refractivity (Wildman–Crippen MR) is 91.1 cm³/mol. The van der Waals surface area contributed by atoms with Gasteiger partial charge in [-0.25, -0.2) is 0 Å². The number of carboxylic acids is 1. The van der Waals surface area contributed by atoms with Gasteiger partial charge in [-0.1, -0.05) is 11.6 Å². The van der Waals surface area contributed by atoms with Gasteiger partial charge in [-0.05, 0) is 30.3 Å². The summed E-state index contributed by atoms with van der Waals surface area (Å²) in [5, 5.41) is 12.3. The molecule has 0 unspecified atom stereocenters. The number of carboxylic acid groups (broad SMARTS) is 1. The molecule has 122 valence electrons. The molecular weight excluding hydrogens is 352 g/mol. The minimum atomic E-state index is -1.10. The van der Waals surface area contributed by atoms with Crippen LogP contribution in [0.5, 0.6) is 11.5 Å². The van der Waals surface area contributed by atoms with Gasteiger partial charge in [-0.3, -0.25) is 14.6 Å². The number of aromatic nitrogens is 1. The van der Waals surface area contributed by atoms with Gasteiger partial charge in [0, 0.05) is 16.6 Å². The summed E-state index contributed by atoms with van der Waals surface area (Å²) in [6.45, 7) is -0.431. The Labute approximate surface area is 145 Å². The number of rotatable bonds is 5. The van der Waals surface area contributed by atoms with E-state index in [1.807, 2.05) is 0 Å². The van der Waals surface area contributed by atoms with Gasteiger partial charge in [-0.2, -0.15) is 0 Å². The van der Waals surface area contributed by atoms with Gasteiger partial charge in [0.1, 0.15) is 12.3 Å². The largest absolute Gasteiger partial charge is 0.480 e. The molecule has 0 atom stereocenters. The molecule has 24 heavy (non-hydrogen) atoms. The number of fused-ring (bicyclic) bond motifs is 1. The lowest BCUT2D eigenvalue weighted by Gasteiger charge is -2.06. The molecule has 3 aromatic rings. The third kappa shape index (κ3) is 3.64. The first-order valence-electron chi connectivity index (χ1n) is 6.84. The quantitative estimate of drug-likeness (QED) is 0.724. The second kappa shape index (κ2) is 6.86. The second-order valence-electron chi connectivity index (χ2n) is 4.79. The maximum atomic E-state index is 12.0. The Morgan fingerprint density at radius 3 is 2.71 bits per heavy atom. The SMILES string of the molecule is O=C(O)CNC(=O)c1cc2c(Oc3ccc(Cl)cc3)cncc2s1. The fraction of sp³-hybridized carbons (Fsp3) is 0.0625. The Morgan fingerprint density at radius 1 is 1.25 bits per heavy atom. The van der Waals surface area contributed by atoms with Crippen molar-refractivity contribution in [2.45, 2.75) is 0 Å². The van der Waals surface area contributed by atoms with Crippen LogP contribution >= 0.6 is 22.9 Å². The van der Waals surface area contributed by atoms with Crippen molar-refractivity contribution in [2.75, 3.05) is 6.54 Å². The predicted octanol–water partition coefficient (Wildman–Crippen LogP) is 3.56. The van der Waals surface area contributed by atoms with Crippen LogP contribution in [-0.4, -0.2) is 28.5 Å². The third-order valence-corrected chi connectivity index (χ3v) is 4.40. The van der Waals surface area contributed by atoms with Crippen molar-refractivity contribution in [3.63, 3.8) is 0 Å². The van der Waals surface area contributed by atoms with Gasteiger partial charge in [0.15, 0.2) is 5.75 Å². The van der Waals surface area contributed by atoms with Crippen LogP contribution < -0.4 is 10.1 Å². The van der Waals surface area contributed by atoms with Crippen LogP contribution in [0, 0.1) is 0 Å². The Morgan fingerprint density at radius 2 is 2.00 bits per heavy atom. The van der Waals surface area contributed by atoms with Crippen LogP contribution in [0.4, 0.5) is 0 Å². The zero-order valence-corrected chi connectivity index (χ0v) is 13.7. The molecule has 0 fully saturated rings. The van der Waals surface area contributed by atoms with Crippen LogP contribution in [0.15, 0.2) is 42.7 Å². The van der Waals surface area contributed by atoms with Crippen LogP contribution in [0.1, 0.15) is 9.67 Å². The number of nitrogens with zero attached hydrogens (tertiary/aromatic N) is 1. The van der Waals surface area contributed by atoms with Crippen molar-refractivity contribution in [1.29, 1.82) is 0 Å². The van der Waals surface area contributed by atoms with Crippen molar-refractivity contribution >= 4 is 44.9 Å². The molecule has 0 saturated heterocycles. The molecule has 0 aliphatic heterocycles. The van der Waals surface area contributed by atoms with E-state index in [1.165, 1.54) is 11.3 Å². The van der Waals surface area contributed by atoms with Gasteiger partial charge in [0.2, 0.25) is 0 Å². The van der Waals surface area contributed by atoms with Gasteiger partial charge < -0.3 is 15.2 Å². The minimum Gasteiger partial charge on any atom is -0.480 e. The summed E-state index contributed by atoms with van der Waals surface area (Å²) in [6, 6.07) is 8.54. The summed E-state index contributed by atoms with van der Waals surface area (Å²) in [7, 11) is 0. The first-order chi connectivity index (χ1) is 11.5. The molecule has 0 saturated carbocycles. The zero-order valence-electron chi connectivity index (χ0n) is 12.2. The molecule has 3 rings (SSSR count). The van der Waals surface area contributed by atoms with Gasteiger partial charge in [-0.15, -0.1) is 11.3 Å². The Balaban J connectivity index is 1.88. The van der Waals surface area contributed by atoms with Gasteiger partial charge in [0.05, 0.1) is 15.8 Å². The molecule has 1 aromatic carbocycles. The average molecular weight is 363 g/mol. The number of amides is 1. The molecule has 0 aliphatic carbocycles. The molecule has 2 heterocycles. The third-order valence-electron chi connectivity index (χ3n) is 3.08. The number of ether oxygens (including phenoxy) is 1. The molecule has 8 heteroatoms. The van der Waals surface area contributed by atoms with E-state index in [0.29, 0.717) is 21.4 Å². The monoisotopic (exact) mass is 362 g/mol. The smallest absolute Gasteiger partial charge is 0.322 e. The van der Waals surface area contributed by atoms with Gasteiger partial charge >= 0.3 is 5.97 Å². The molecule has 0 aliphatic rings. The van der Waals surface area contributed by atoms with Crippen LogP contribution in [0.25, 0.3) is 10.1 Å². The first-order valence-corrected chi connectivity index (χ1v) is 8.03. The lowest BCUT2D eigenvalue weighted by Crippen LogP contribution is -2.28. The number of pyridine rings is 1. The Kier molecular flexibility index (Phi) is 4.64. The summed E-state index contributed by atoms with van der Waals surface area (Å²) < 4.78 is 6.56. The minimum absolute atomic E-state index is 0.389. The highest BCUT2D eigenvalue weighted by atomic mass is 35.5. The number of hydrogen-bond donors (Lipinski definition) is 2. The van der Waals surface area contributed by atoms with Crippen molar-refractivity contribution in [3.05, 3.63) is 52.6 Å². The maximum Gasteiger partial charge on any atom is 0.322 e. The summed E-state index contributed by atoms with van der Waals surface area (Å²) in [4.78, 5) is 27.0. The molecule has 1 amide bonds. The van der Waals surface area contributed by atoms with E-state index in [1.54, 1.807) is 42.7 Å². The van der Waals surface area contributed by atoms with E-state index in [4.69, 9.17) is 21.4 Å². The van der Waals surface area contributed by atoms with E-state index < -0.39 is 18.4 Å². The average Bonchev–Trinajstić information content (AvgIpc) is 3.00. The highest BCUT2D eigenvalue weighted by molar-refractivity contribution is 7.20. The summed E-state index contributed by atoms with van der Waals surface area (Å²) in [6.07, 6.45) is 3.19. The number of aliphatic carboxylic acids is 1. The number of thiophene rings is 1. The summed E-state index contributed by atoms with van der Waals surface area (Å²) in [5.41, 5.74) is 0. The highest BCUT2D eigenvalue weighted by Crippen LogP contribution is 2.34. The molecule has 2 N–H and O–H groups in total. The summed E-state index contributed by atoms with van der Waals surface area (Å²) in [5.74, 6) is -0.450. The normalized spacial score (nSPS) is 10.5. The molecular formula is C16H11ClN2O4S. The zero-order chi connectivity index (χ0) is 17.1. The second-order valence-corrected chi connectivity index (χ2v) is 6.31. The number of hydrogen-bond acceptors (Lipinski definition) is 5. The number of carbonyl (C=O) groups is 2. The van der Waals surface area contributed by atoms with Crippen LogP contribution in [-0.2, 0) is 4.79 Å². The van der Waals surface area contributed by atoms with Crippen molar-refractivity contribution < 1.29 is 19.4 Å². The lowest BCUT2D eigenvalue weighted by atomic mass is 10.2. The molecule has 2 aromatic heterocycles. The number of nitrogens with one attached hydrogen (secondary N) is 1. The molecule has 0 radical (unpaired) electrons. The van der Waals surface area contributed by atoms with E-state index in [9.17, 15) is 9.59 Å². The van der Waals surface area contributed by atoms with E-state index in [-0.39, 0.29) is 0 Å². The Hall–Kier alpha value is -2.64. The molecule has 6 nitrogen and oxygen atoms in total. The van der Waals surface area contributed by atoms with E-state index in [0.717, 1.165) is 10.1 Å². The number of benzene rings is 1. The Bertz CT molecular complexity index is 908. The van der Waals surface area contributed by atoms with Crippen molar-refractivity contribution in [1.82, 2.24) is 10.3 Å². The standard InChI is InChI=1S/C16H11ClN2O4S/c17-9-1-3-10(4-2-9)23-12-6-18-7-14-11(12)5-13(24-14)16(22)19-8-15(20)21/h1-7H,8H2,(H,19,22)(H,20,21). The number of halogens is 1. The van der Waals surface area contributed by atoms with E-state index >= 15 is 0 Å². The van der Waals surface area contributed by atoms with Crippen molar-refractivity contribution in [2.24, 2.45) is 0 Å². The van der Waals surface area contributed by atoms with Crippen LogP contribution in [0.2, 0.25) is 5.02 Å². The highest BCUT2D eigenvalue weighted by Gasteiger charge is 2.14. The lowest BCUT2D eigenvalue weighted by molar-refractivity contribution is -0.135. The fourth-order valence-corrected chi connectivity index (χ4v) is 3.09. The topological polar surface area (TPSA) is 88.5 Å².